The molecule has 0 bridgehead atoms. The molecule has 10 nitrogen and oxygen atoms in total. The van der Waals surface area contributed by atoms with Crippen molar-refractivity contribution in [1.29, 1.82) is 0 Å². The van der Waals surface area contributed by atoms with Crippen LogP contribution in [0.25, 0.3) is 0 Å². The number of nitrogens with zero attached hydrogens (tertiary/aromatic N) is 2. The van der Waals surface area contributed by atoms with Crippen molar-refractivity contribution in [3.63, 3.8) is 0 Å². The molecule has 0 aliphatic carbocycles. The smallest absolute Gasteiger partial charge is 0.344 e. The Balaban J connectivity index is 1.73. The number of anilines is 4. The van der Waals surface area contributed by atoms with Crippen LogP contribution in [-0.4, -0.2) is 44.6 Å². The number of carbonyl (C=O) groups excluding carboxylic acids is 1. The third-order valence-corrected chi connectivity index (χ3v) is 5.69. The number of rotatable bonds is 10. The minimum absolute atomic E-state index is 0.0570. The Morgan fingerprint density at radius 1 is 1.09 bits per heavy atom. The molecule has 1 aromatic heterocycles. The van der Waals surface area contributed by atoms with Gasteiger partial charge < -0.3 is 20.1 Å². The average molecular weight is 476 g/mol. The van der Waals surface area contributed by atoms with Crippen LogP contribution in [0, 0.1) is 5.82 Å². The Kier molecular flexibility index (Phi) is 7.74. The topological polar surface area (TPSA) is 132 Å². The van der Waals surface area contributed by atoms with E-state index in [0.717, 1.165) is 6.20 Å². The van der Waals surface area contributed by atoms with Gasteiger partial charge in [0, 0.05) is 5.69 Å². The zero-order valence-electron chi connectivity index (χ0n) is 17.8. The van der Waals surface area contributed by atoms with E-state index in [0.29, 0.717) is 11.4 Å². The lowest BCUT2D eigenvalue weighted by molar-refractivity contribution is -0.145. The molecule has 33 heavy (non-hydrogen) atoms. The summed E-state index contributed by atoms with van der Waals surface area (Å²) >= 11 is 0. The maximum atomic E-state index is 14.3. The van der Waals surface area contributed by atoms with E-state index in [1.165, 1.54) is 19.2 Å². The number of aromatic nitrogens is 2. The van der Waals surface area contributed by atoms with Gasteiger partial charge in [-0.1, -0.05) is 12.1 Å². The summed E-state index contributed by atoms with van der Waals surface area (Å²) in [5.74, 6) is -0.907. The van der Waals surface area contributed by atoms with Gasteiger partial charge in [0.1, 0.15) is 10.6 Å². The number of esters is 1. The molecule has 0 fully saturated rings. The van der Waals surface area contributed by atoms with Crippen molar-refractivity contribution in [1.82, 2.24) is 14.7 Å². The van der Waals surface area contributed by atoms with Crippen molar-refractivity contribution in [2.24, 2.45) is 0 Å². The van der Waals surface area contributed by atoms with Crippen LogP contribution in [0.15, 0.2) is 59.6 Å². The Morgan fingerprint density at radius 2 is 1.82 bits per heavy atom. The van der Waals surface area contributed by atoms with Crippen LogP contribution < -0.4 is 20.1 Å². The molecule has 0 aliphatic rings. The van der Waals surface area contributed by atoms with Gasteiger partial charge in [0.2, 0.25) is 16.0 Å². The SMILES string of the molecule is CCOC(=O)COc1ccc(Nc2ncc(F)c(Nc3ccccc3S(=O)(=O)NC)n2)cc1. The molecule has 0 aliphatic heterocycles. The van der Waals surface area contributed by atoms with E-state index in [2.05, 4.69) is 25.3 Å². The molecule has 0 atom stereocenters. The summed E-state index contributed by atoms with van der Waals surface area (Å²) in [6.07, 6.45) is 0.962. The molecule has 0 saturated carbocycles. The van der Waals surface area contributed by atoms with Crippen LogP contribution in [0.5, 0.6) is 5.75 Å². The summed E-state index contributed by atoms with van der Waals surface area (Å²) < 4.78 is 51.1. The number of hydrogen-bond acceptors (Lipinski definition) is 9. The van der Waals surface area contributed by atoms with E-state index < -0.39 is 21.8 Å². The highest BCUT2D eigenvalue weighted by molar-refractivity contribution is 7.89. The molecule has 0 spiro atoms. The van der Waals surface area contributed by atoms with Crippen LogP contribution in [-0.2, 0) is 19.6 Å². The number of halogens is 1. The van der Waals surface area contributed by atoms with Gasteiger partial charge in [-0.2, -0.15) is 4.98 Å². The van der Waals surface area contributed by atoms with Crippen LogP contribution in [0.1, 0.15) is 6.92 Å². The number of sulfonamides is 1. The van der Waals surface area contributed by atoms with E-state index in [1.54, 1.807) is 43.3 Å². The third kappa shape index (κ3) is 6.37. The van der Waals surface area contributed by atoms with Gasteiger partial charge in [-0.25, -0.2) is 27.3 Å². The first kappa shape index (κ1) is 23.9. The fourth-order valence-corrected chi connectivity index (χ4v) is 3.55. The second-order valence-electron chi connectivity index (χ2n) is 6.46. The van der Waals surface area contributed by atoms with Gasteiger partial charge >= 0.3 is 5.97 Å². The number of hydrogen-bond donors (Lipinski definition) is 3. The van der Waals surface area contributed by atoms with Gasteiger partial charge in [-0.15, -0.1) is 0 Å². The van der Waals surface area contributed by atoms with Crippen LogP contribution >= 0.6 is 0 Å². The predicted molar refractivity (Wildman–Crippen MR) is 120 cm³/mol. The highest BCUT2D eigenvalue weighted by atomic mass is 32.2. The highest BCUT2D eigenvalue weighted by Gasteiger charge is 2.18. The minimum atomic E-state index is -3.77. The van der Waals surface area contributed by atoms with E-state index in [-0.39, 0.29) is 35.6 Å². The van der Waals surface area contributed by atoms with Gasteiger partial charge in [0.05, 0.1) is 18.5 Å². The molecule has 0 unspecified atom stereocenters. The summed E-state index contributed by atoms with van der Waals surface area (Å²) in [6, 6.07) is 12.6. The van der Waals surface area contributed by atoms with E-state index >= 15 is 0 Å². The molecule has 0 amide bonds. The monoisotopic (exact) mass is 475 g/mol. The number of para-hydroxylation sites is 1. The van der Waals surface area contributed by atoms with Crippen molar-refractivity contribution >= 4 is 39.1 Å². The minimum Gasteiger partial charge on any atom is -0.482 e. The van der Waals surface area contributed by atoms with Crippen LogP contribution in [0.3, 0.4) is 0 Å². The molecule has 3 aromatic rings. The van der Waals surface area contributed by atoms with Gasteiger partial charge in [0.25, 0.3) is 0 Å². The first-order chi connectivity index (χ1) is 15.8. The number of carbonyl (C=O) groups is 1. The van der Waals surface area contributed by atoms with Crippen molar-refractivity contribution in [2.75, 3.05) is 30.9 Å². The summed E-state index contributed by atoms with van der Waals surface area (Å²) in [5, 5.41) is 5.62. The summed E-state index contributed by atoms with van der Waals surface area (Å²) in [6.45, 7) is 1.78. The lowest BCUT2D eigenvalue weighted by atomic mass is 10.3. The average Bonchev–Trinajstić information content (AvgIpc) is 2.81. The predicted octanol–water partition coefficient (Wildman–Crippen LogP) is 2.95. The Morgan fingerprint density at radius 3 is 2.52 bits per heavy atom. The largest absolute Gasteiger partial charge is 0.482 e. The molecule has 3 N–H and O–H groups in total. The molecule has 3 rings (SSSR count). The Hall–Kier alpha value is -3.77. The molecule has 174 valence electrons. The molecule has 0 radical (unpaired) electrons. The van der Waals surface area contributed by atoms with Gasteiger partial charge in [0.15, 0.2) is 18.2 Å². The molecule has 1 heterocycles. The van der Waals surface area contributed by atoms with Crippen molar-refractivity contribution in [2.45, 2.75) is 11.8 Å². The van der Waals surface area contributed by atoms with Crippen molar-refractivity contribution < 1.29 is 27.1 Å². The Bertz CT molecular complexity index is 1220. The quantitative estimate of drug-likeness (QED) is 0.379. The second kappa shape index (κ2) is 10.7. The zero-order valence-corrected chi connectivity index (χ0v) is 18.6. The maximum Gasteiger partial charge on any atom is 0.344 e. The lowest BCUT2D eigenvalue weighted by Gasteiger charge is -2.13. The van der Waals surface area contributed by atoms with Crippen molar-refractivity contribution in [3.05, 3.63) is 60.5 Å². The van der Waals surface area contributed by atoms with Crippen LogP contribution in [0.4, 0.5) is 27.5 Å². The Labute approximate surface area is 190 Å². The third-order valence-electron chi connectivity index (χ3n) is 4.21. The van der Waals surface area contributed by atoms with E-state index in [4.69, 9.17) is 9.47 Å². The maximum absolute atomic E-state index is 14.3. The molecule has 12 heteroatoms. The number of benzene rings is 2. The van der Waals surface area contributed by atoms with Gasteiger partial charge in [-0.3, -0.25) is 0 Å². The zero-order chi connectivity index (χ0) is 23.8. The summed E-state index contributed by atoms with van der Waals surface area (Å²) in [5.41, 5.74) is 0.729. The first-order valence-electron chi connectivity index (χ1n) is 9.80. The van der Waals surface area contributed by atoms with Crippen LogP contribution in [0.2, 0.25) is 0 Å². The van der Waals surface area contributed by atoms with E-state index in [1.807, 2.05) is 0 Å². The second-order valence-corrected chi connectivity index (χ2v) is 8.32. The first-order valence-corrected chi connectivity index (χ1v) is 11.3. The number of nitrogens with one attached hydrogen (secondary N) is 3. The molecular formula is C21H22FN5O5S. The normalized spacial score (nSPS) is 11.0. The lowest BCUT2D eigenvalue weighted by Crippen LogP contribution is -2.19. The summed E-state index contributed by atoms with van der Waals surface area (Å²) in [7, 11) is -2.49. The fourth-order valence-electron chi connectivity index (χ4n) is 2.67. The summed E-state index contributed by atoms with van der Waals surface area (Å²) in [4.78, 5) is 19.3. The highest BCUT2D eigenvalue weighted by Crippen LogP contribution is 2.26. The van der Waals surface area contributed by atoms with E-state index in [9.17, 15) is 17.6 Å². The van der Waals surface area contributed by atoms with Gasteiger partial charge in [-0.05, 0) is 50.4 Å². The number of ether oxygens (including phenoxy) is 2. The molecule has 2 aromatic carbocycles. The standard InChI is InChI=1S/C21H22FN5O5S/c1-3-31-19(28)13-32-15-10-8-14(9-11-15)25-21-24-12-16(22)20(27-21)26-17-6-4-5-7-18(17)33(29,30)23-2/h4-12,23H,3,13H2,1-2H3,(H2,24,25,26,27). The molecule has 0 saturated heterocycles. The molecular weight excluding hydrogens is 453 g/mol. The fraction of sp³-hybridized carbons (Fsp3) is 0.190. The van der Waals surface area contributed by atoms with Crippen molar-refractivity contribution in [3.8, 4) is 5.75 Å².